The number of nitrogens with zero attached hydrogens (tertiary/aromatic N) is 3. The molecule has 3 aromatic rings. The van der Waals surface area contributed by atoms with Crippen LogP contribution in [0.25, 0.3) is 11.7 Å². The van der Waals surface area contributed by atoms with E-state index in [0.717, 1.165) is 23.1 Å². The van der Waals surface area contributed by atoms with Gasteiger partial charge in [0.2, 0.25) is 5.91 Å². The molecule has 1 fully saturated rings. The third-order valence-corrected chi connectivity index (χ3v) is 4.99. The lowest BCUT2D eigenvalue weighted by Gasteiger charge is -2.26. The van der Waals surface area contributed by atoms with Gasteiger partial charge in [-0.3, -0.25) is 4.79 Å². The normalized spacial score (nSPS) is 16.2. The number of rotatable bonds is 6. The minimum absolute atomic E-state index is 0.0419. The highest BCUT2D eigenvalue weighted by Crippen LogP contribution is 2.39. The maximum atomic E-state index is 13.0. The summed E-state index contributed by atoms with van der Waals surface area (Å²) in [4.78, 5) is 26.8. The smallest absolute Gasteiger partial charge is 0.437 e. The molecular weight excluding hydrogens is 378 g/mol. The van der Waals surface area contributed by atoms with E-state index in [9.17, 15) is 9.59 Å². The van der Waals surface area contributed by atoms with E-state index in [1.54, 1.807) is 31.3 Å². The summed E-state index contributed by atoms with van der Waals surface area (Å²) >= 11 is 0. The summed E-state index contributed by atoms with van der Waals surface area (Å²) in [6.07, 6.45) is 3.10. The SMILES string of the molecule is COc1ccc(OC)c(C2CCCN2C(=O)Cn2nc(-c3ccco3)oc2=O)c1. The first kappa shape index (κ1) is 18.9. The summed E-state index contributed by atoms with van der Waals surface area (Å²) in [7, 11) is 3.19. The fraction of sp³-hybridized carbons (Fsp3) is 0.350. The van der Waals surface area contributed by atoms with Gasteiger partial charge in [0, 0.05) is 12.1 Å². The number of furan rings is 1. The molecule has 0 spiro atoms. The van der Waals surface area contributed by atoms with Gasteiger partial charge >= 0.3 is 5.76 Å². The number of methoxy groups -OCH3 is 2. The molecule has 1 aromatic carbocycles. The van der Waals surface area contributed by atoms with Crippen LogP contribution < -0.4 is 15.2 Å². The van der Waals surface area contributed by atoms with Crippen LogP contribution in [0.1, 0.15) is 24.4 Å². The van der Waals surface area contributed by atoms with E-state index in [4.69, 9.17) is 18.3 Å². The Hall–Kier alpha value is -3.49. The molecule has 0 N–H and O–H groups in total. The summed E-state index contributed by atoms with van der Waals surface area (Å²) in [6.45, 7) is 0.368. The van der Waals surface area contributed by atoms with Crippen LogP contribution >= 0.6 is 0 Å². The van der Waals surface area contributed by atoms with Crippen molar-refractivity contribution in [2.24, 2.45) is 0 Å². The predicted octanol–water partition coefficient (Wildman–Crippen LogP) is 2.48. The van der Waals surface area contributed by atoms with Crippen molar-refractivity contribution in [3.8, 4) is 23.1 Å². The molecule has 1 atom stereocenters. The minimum atomic E-state index is -0.709. The molecule has 4 rings (SSSR count). The number of ether oxygens (including phenoxy) is 2. The molecule has 9 nitrogen and oxygen atoms in total. The minimum Gasteiger partial charge on any atom is -0.497 e. The Bertz CT molecular complexity index is 1050. The standard InChI is InChI=1S/C20H21N3O6/c1-26-13-7-8-16(27-2)14(11-13)15-5-3-9-22(15)18(24)12-23-20(25)29-19(21-23)17-6-4-10-28-17/h4,6-8,10-11,15H,3,5,9,12H2,1-2H3. The number of amides is 1. The van der Waals surface area contributed by atoms with E-state index in [0.29, 0.717) is 23.8 Å². The summed E-state index contributed by atoms with van der Waals surface area (Å²) in [5.74, 6) is 0.817. The van der Waals surface area contributed by atoms with E-state index in [1.165, 1.54) is 6.26 Å². The monoisotopic (exact) mass is 399 g/mol. The van der Waals surface area contributed by atoms with Crippen molar-refractivity contribution in [2.75, 3.05) is 20.8 Å². The molecule has 1 aliphatic rings. The molecule has 152 valence electrons. The largest absolute Gasteiger partial charge is 0.497 e. The highest BCUT2D eigenvalue weighted by molar-refractivity contribution is 5.77. The average Bonchev–Trinajstić information content (AvgIpc) is 3.49. The average molecular weight is 399 g/mol. The number of hydrogen-bond acceptors (Lipinski definition) is 7. The van der Waals surface area contributed by atoms with E-state index in [2.05, 4.69) is 5.10 Å². The lowest BCUT2D eigenvalue weighted by atomic mass is 10.0. The van der Waals surface area contributed by atoms with Crippen LogP contribution in [-0.2, 0) is 11.3 Å². The fourth-order valence-electron chi connectivity index (χ4n) is 3.61. The highest BCUT2D eigenvalue weighted by atomic mass is 16.5. The summed E-state index contributed by atoms with van der Waals surface area (Å²) < 4.78 is 22.1. The van der Waals surface area contributed by atoms with Crippen LogP contribution in [0.5, 0.6) is 11.5 Å². The van der Waals surface area contributed by atoms with Crippen molar-refractivity contribution < 1.29 is 23.1 Å². The Morgan fingerprint density at radius 3 is 2.86 bits per heavy atom. The van der Waals surface area contributed by atoms with Gasteiger partial charge in [0.25, 0.3) is 5.89 Å². The van der Waals surface area contributed by atoms with Gasteiger partial charge in [0.05, 0.1) is 26.5 Å². The van der Waals surface area contributed by atoms with Crippen LogP contribution in [0.15, 0.2) is 50.2 Å². The molecule has 1 saturated heterocycles. The van der Waals surface area contributed by atoms with Gasteiger partial charge in [0.1, 0.15) is 18.0 Å². The second-order valence-electron chi connectivity index (χ2n) is 6.66. The van der Waals surface area contributed by atoms with Crippen molar-refractivity contribution in [1.82, 2.24) is 14.7 Å². The first-order chi connectivity index (χ1) is 14.1. The van der Waals surface area contributed by atoms with Crippen LogP contribution in [0.2, 0.25) is 0 Å². The molecule has 0 saturated carbocycles. The number of aromatic nitrogens is 2. The topological polar surface area (TPSA) is 99.9 Å². The number of likely N-dealkylation sites (tertiary alicyclic amines) is 1. The molecule has 1 unspecified atom stereocenters. The number of carbonyl (C=O) groups excluding carboxylic acids is 1. The highest BCUT2D eigenvalue weighted by Gasteiger charge is 2.33. The summed E-state index contributed by atoms with van der Waals surface area (Å²) in [5.41, 5.74) is 0.876. The van der Waals surface area contributed by atoms with Gasteiger partial charge in [-0.05, 0) is 43.2 Å². The van der Waals surface area contributed by atoms with Gasteiger partial charge < -0.3 is 23.2 Å². The van der Waals surface area contributed by atoms with Crippen molar-refractivity contribution in [3.63, 3.8) is 0 Å². The molecule has 0 radical (unpaired) electrons. The van der Waals surface area contributed by atoms with Crippen LogP contribution in [0, 0.1) is 0 Å². The third kappa shape index (κ3) is 3.63. The maximum absolute atomic E-state index is 13.0. The summed E-state index contributed by atoms with van der Waals surface area (Å²) in [6, 6.07) is 8.65. The Morgan fingerprint density at radius 2 is 2.14 bits per heavy atom. The van der Waals surface area contributed by atoms with Crippen LogP contribution in [0.4, 0.5) is 0 Å². The molecular formula is C20H21N3O6. The van der Waals surface area contributed by atoms with Gasteiger partial charge in [-0.2, -0.15) is 4.68 Å². The number of hydrogen-bond donors (Lipinski definition) is 0. The quantitative estimate of drug-likeness (QED) is 0.628. The molecule has 0 bridgehead atoms. The maximum Gasteiger partial charge on any atom is 0.437 e. The zero-order valence-corrected chi connectivity index (χ0v) is 16.2. The van der Waals surface area contributed by atoms with Crippen molar-refractivity contribution in [3.05, 3.63) is 52.7 Å². The Kier molecular flexibility index (Phi) is 5.11. The Balaban J connectivity index is 1.57. The van der Waals surface area contributed by atoms with Gasteiger partial charge in [-0.25, -0.2) is 4.79 Å². The van der Waals surface area contributed by atoms with Crippen molar-refractivity contribution in [2.45, 2.75) is 25.4 Å². The first-order valence-electron chi connectivity index (χ1n) is 9.24. The fourth-order valence-corrected chi connectivity index (χ4v) is 3.61. The number of carbonyl (C=O) groups is 1. The third-order valence-electron chi connectivity index (χ3n) is 4.99. The zero-order chi connectivity index (χ0) is 20.4. The van der Waals surface area contributed by atoms with E-state index < -0.39 is 5.76 Å². The summed E-state index contributed by atoms with van der Waals surface area (Å²) in [5, 5.41) is 4.07. The van der Waals surface area contributed by atoms with Crippen LogP contribution in [0.3, 0.4) is 0 Å². The van der Waals surface area contributed by atoms with Crippen molar-refractivity contribution in [1.29, 1.82) is 0 Å². The van der Waals surface area contributed by atoms with Crippen LogP contribution in [-0.4, -0.2) is 41.4 Å². The second-order valence-corrected chi connectivity index (χ2v) is 6.66. The zero-order valence-electron chi connectivity index (χ0n) is 16.2. The van der Waals surface area contributed by atoms with E-state index in [-0.39, 0.29) is 24.4 Å². The van der Waals surface area contributed by atoms with E-state index >= 15 is 0 Å². The van der Waals surface area contributed by atoms with Gasteiger partial charge in [-0.1, -0.05) is 0 Å². The van der Waals surface area contributed by atoms with E-state index in [1.807, 2.05) is 18.2 Å². The predicted molar refractivity (Wildman–Crippen MR) is 102 cm³/mol. The van der Waals surface area contributed by atoms with Gasteiger partial charge in [-0.15, -0.1) is 5.10 Å². The lowest BCUT2D eigenvalue weighted by Crippen LogP contribution is -2.35. The molecule has 1 aliphatic heterocycles. The first-order valence-corrected chi connectivity index (χ1v) is 9.24. The molecule has 1 amide bonds. The Labute approximate surface area is 166 Å². The lowest BCUT2D eigenvalue weighted by molar-refractivity contribution is -0.133. The molecule has 9 heteroatoms. The van der Waals surface area contributed by atoms with Crippen molar-refractivity contribution >= 4 is 5.91 Å². The molecule has 0 aliphatic carbocycles. The second kappa shape index (κ2) is 7.86. The molecule has 2 aromatic heterocycles. The van der Waals surface area contributed by atoms with Gasteiger partial charge in [0.15, 0.2) is 5.76 Å². The molecule has 3 heterocycles. The molecule has 29 heavy (non-hydrogen) atoms. The Morgan fingerprint density at radius 1 is 1.28 bits per heavy atom. The number of benzene rings is 1.